The third-order valence-electron chi connectivity index (χ3n) is 5.05. The maximum absolute atomic E-state index is 14.3. The predicted octanol–water partition coefficient (Wildman–Crippen LogP) is 3.31. The van der Waals surface area contributed by atoms with Gasteiger partial charge in [-0.3, -0.25) is 9.40 Å². The molecule has 1 aliphatic rings. The van der Waals surface area contributed by atoms with Gasteiger partial charge in [0.1, 0.15) is 0 Å². The van der Waals surface area contributed by atoms with Crippen molar-refractivity contribution in [3.8, 4) is 16.9 Å². The zero-order chi connectivity index (χ0) is 23.8. The van der Waals surface area contributed by atoms with Gasteiger partial charge in [-0.1, -0.05) is 18.2 Å². The second-order valence-electron chi connectivity index (χ2n) is 7.34. The normalized spacial score (nSPS) is 15.7. The van der Waals surface area contributed by atoms with Crippen molar-refractivity contribution in [3.63, 3.8) is 0 Å². The van der Waals surface area contributed by atoms with Crippen molar-refractivity contribution < 1.29 is 35.5 Å². The van der Waals surface area contributed by atoms with Gasteiger partial charge in [0.2, 0.25) is 0 Å². The van der Waals surface area contributed by atoms with Gasteiger partial charge in [0, 0.05) is 31.1 Å². The highest BCUT2D eigenvalue weighted by Crippen LogP contribution is 2.36. The Labute approximate surface area is 186 Å². The molecule has 1 aromatic heterocycles. The van der Waals surface area contributed by atoms with E-state index in [1.54, 1.807) is 19.2 Å². The number of rotatable bonds is 6. The first kappa shape index (κ1) is 23.3. The zero-order valence-corrected chi connectivity index (χ0v) is 18.2. The monoisotopic (exact) mass is 488 g/mol. The lowest BCUT2D eigenvalue weighted by Crippen LogP contribution is -2.43. The summed E-state index contributed by atoms with van der Waals surface area (Å²) in [5.41, 5.74) is 0.987. The van der Waals surface area contributed by atoms with E-state index in [4.69, 9.17) is 9.47 Å². The van der Waals surface area contributed by atoms with Gasteiger partial charge in [-0.05, 0) is 23.8 Å². The highest BCUT2D eigenvalue weighted by atomic mass is 32.2. The molecule has 0 aliphatic carbocycles. The van der Waals surface area contributed by atoms with Crippen molar-refractivity contribution in [2.45, 2.75) is 6.18 Å². The van der Waals surface area contributed by atoms with Crippen molar-refractivity contribution in [1.82, 2.24) is 14.1 Å². The average Bonchev–Trinajstić information content (AvgIpc) is 3.07. The summed E-state index contributed by atoms with van der Waals surface area (Å²) in [4.78, 5) is 0. The molecule has 1 fully saturated rings. The van der Waals surface area contributed by atoms with E-state index in [0.717, 1.165) is 6.07 Å². The van der Waals surface area contributed by atoms with Gasteiger partial charge in [0.25, 0.3) is 0 Å². The van der Waals surface area contributed by atoms with E-state index < -0.39 is 34.6 Å². The second kappa shape index (κ2) is 8.80. The van der Waals surface area contributed by atoms with Crippen molar-refractivity contribution >= 4 is 26.9 Å². The Kier molecular flexibility index (Phi) is 6.20. The van der Waals surface area contributed by atoms with Gasteiger partial charge >= 0.3 is 16.4 Å². The van der Waals surface area contributed by atoms with Crippen LogP contribution >= 0.6 is 0 Å². The van der Waals surface area contributed by atoms with Crippen LogP contribution in [0.25, 0.3) is 22.0 Å². The fourth-order valence-electron chi connectivity index (χ4n) is 3.51. The number of fused-ring (bicyclic) bond motifs is 1. The van der Waals surface area contributed by atoms with E-state index in [9.17, 15) is 26.0 Å². The maximum atomic E-state index is 14.3. The molecule has 33 heavy (non-hydrogen) atoms. The van der Waals surface area contributed by atoms with Crippen molar-refractivity contribution in [2.75, 3.05) is 37.6 Å². The van der Waals surface area contributed by atoms with Crippen LogP contribution in [0.4, 0.5) is 23.4 Å². The van der Waals surface area contributed by atoms with Crippen LogP contribution in [0, 0.1) is 5.82 Å². The molecule has 2 aromatic carbocycles. The molecule has 3 aromatic rings. The van der Waals surface area contributed by atoms with E-state index in [2.05, 4.69) is 9.82 Å². The Hall–Kier alpha value is -2.90. The standard InChI is InChI=1S/C20H20F4N4O4S/c1-27-17-11-13(14-3-2-4-16(21)18(14)32-12-20(22,23)24)5-6-15(17)19(25-27)26-33(29,30)28-7-9-31-10-8-28/h2-6,11H,7-10,12H2,1H3,(H,25,26). The Balaban J connectivity index is 1.68. The Morgan fingerprint density at radius 1 is 1.18 bits per heavy atom. The molecule has 0 atom stereocenters. The van der Waals surface area contributed by atoms with Gasteiger partial charge in [0.15, 0.2) is 24.0 Å². The lowest BCUT2D eigenvalue weighted by molar-refractivity contribution is -0.153. The summed E-state index contributed by atoms with van der Waals surface area (Å²) in [5.74, 6) is -1.36. The Bertz CT molecular complexity index is 1270. The number of aryl methyl sites for hydroxylation is 1. The van der Waals surface area contributed by atoms with E-state index in [0.29, 0.717) is 29.7 Å². The SMILES string of the molecule is Cn1nc(NS(=O)(=O)N2CCOCC2)c2ccc(-c3cccc(F)c3OCC(F)(F)F)cc21. The summed E-state index contributed by atoms with van der Waals surface area (Å²) in [6, 6.07) is 8.48. The number of aromatic nitrogens is 2. The molecule has 178 valence electrons. The molecule has 8 nitrogen and oxygen atoms in total. The van der Waals surface area contributed by atoms with Gasteiger partial charge < -0.3 is 9.47 Å². The summed E-state index contributed by atoms with van der Waals surface area (Å²) in [6.45, 7) is -0.628. The number of halogens is 4. The quantitative estimate of drug-likeness (QED) is 0.539. The molecular formula is C20H20F4N4O4S. The molecule has 4 rings (SSSR count). The summed E-state index contributed by atoms with van der Waals surface area (Å²) in [7, 11) is -2.27. The molecule has 0 spiro atoms. The number of hydrogen-bond donors (Lipinski definition) is 1. The first-order valence-corrected chi connectivity index (χ1v) is 11.3. The number of anilines is 1. The maximum Gasteiger partial charge on any atom is 0.422 e. The minimum absolute atomic E-state index is 0.0957. The zero-order valence-electron chi connectivity index (χ0n) is 17.4. The van der Waals surface area contributed by atoms with E-state index >= 15 is 0 Å². The number of para-hydroxylation sites is 1. The summed E-state index contributed by atoms with van der Waals surface area (Å²) < 4.78 is 92.6. The molecule has 0 radical (unpaired) electrons. The molecule has 0 bridgehead atoms. The van der Waals surface area contributed by atoms with Gasteiger partial charge in [-0.2, -0.15) is 31.0 Å². The number of benzene rings is 2. The van der Waals surface area contributed by atoms with Crippen molar-refractivity contribution in [1.29, 1.82) is 0 Å². The summed E-state index contributed by atoms with van der Waals surface area (Å²) in [6.07, 6.45) is -4.63. The van der Waals surface area contributed by atoms with E-state index in [1.165, 1.54) is 27.2 Å². The number of ether oxygens (including phenoxy) is 2. The number of nitrogens with one attached hydrogen (secondary N) is 1. The fourth-order valence-corrected chi connectivity index (χ4v) is 4.66. The highest BCUT2D eigenvalue weighted by molar-refractivity contribution is 7.90. The average molecular weight is 488 g/mol. The number of morpholine rings is 1. The first-order valence-electron chi connectivity index (χ1n) is 9.86. The van der Waals surface area contributed by atoms with Crippen LogP contribution < -0.4 is 9.46 Å². The van der Waals surface area contributed by atoms with Crippen LogP contribution in [0.3, 0.4) is 0 Å². The number of nitrogens with zero attached hydrogens (tertiary/aromatic N) is 3. The smallest absolute Gasteiger partial charge is 0.422 e. The van der Waals surface area contributed by atoms with Gasteiger partial charge in [0.05, 0.1) is 18.7 Å². The number of alkyl halides is 3. The Morgan fingerprint density at radius 3 is 2.61 bits per heavy atom. The molecular weight excluding hydrogens is 468 g/mol. The summed E-state index contributed by atoms with van der Waals surface area (Å²) >= 11 is 0. The van der Waals surface area contributed by atoms with Crippen LogP contribution in [0.15, 0.2) is 36.4 Å². The third kappa shape index (κ3) is 5.04. The third-order valence-corrected chi connectivity index (χ3v) is 6.54. The highest BCUT2D eigenvalue weighted by Gasteiger charge is 2.30. The number of hydrogen-bond acceptors (Lipinski definition) is 5. The molecule has 1 aliphatic heterocycles. The van der Waals surface area contributed by atoms with Crippen LogP contribution in [0.1, 0.15) is 0 Å². The van der Waals surface area contributed by atoms with Crippen molar-refractivity contribution in [2.24, 2.45) is 7.05 Å². The van der Waals surface area contributed by atoms with Crippen LogP contribution in [0.2, 0.25) is 0 Å². The van der Waals surface area contributed by atoms with E-state index in [1.807, 2.05) is 0 Å². The predicted molar refractivity (Wildman–Crippen MR) is 113 cm³/mol. The first-order chi connectivity index (χ1) is 15.5. The molecule has 2 heterocycles. The van der Waals surface area contributed by atoms with Gasteiger partial charge in [-0.25, -0.2) is 4.39 Å². The molecule has 0 amide bonds. The molecule has 13 heteroatoms. The summed E-state index contributed by atoms with van der Waals surface area (Å²) in [5, 5.41) is 4.69. The lowest BCUT2D eigenvalue weighted by Gasteiger charge is -2.25. The molecule has 0 saturated carbocycles. The fraction of sp³-hybridized carbons (Fsp3) is 0.350. The molecule has 0 unspecified atom stereocenters. The lowest BCUT2D eigenvalue weighted by atomic mass is 10.0. The largest absolute Gasteiger partial charge is 0.480 e. The van der Waals surface area contributed by atoms with Crippen LogP contribution in [0.5, 0.6) is 5.75 Å². The Morgan fingerprint density at radius 2 is 1.91 bits per heavy atom. The molecule has 1 saturated heterocycles. The van der Waals surface area contributed by atoms with Crippen LogP contribution in [-0.2, 0) is 22.0 Å². The van der Waals surface area contributed by atoms with Crippen LogP contribution in [-0.4, -0.2) is 61.6 Å². The minimum atomic E-state index is -4.63. The second-order valence-corrected chi connectivity index (χ2v) is 9.01. The topological polar surface area (TPSA) is 85.7 Å². The minimum Gasteiger partial charge on any atom is -0.480 e. The van der Waals surface area contributed by atoms with Crippen molar-refractivity contribution in [3.05, 3.63) is 42.2 Å². The molecule has 1 N–H and O–H groups in total. The van der Waals surface area contributed by atoms with Gasteiger partial charge in [-0.15, -0.1) is 0 Å². The van der Waals surface area contributed by atoms with E-state index in [-0.39, 0.29) is 24.5 Å².